The van der Waals surface area contributed by atoms with Crippen molar-refractivity contribution in [3.8, 4) is 0 Å². The summed E-state index contributed by atoms with van der Waals surface area (Å²) in [5.74, 6) is 0. The van der Waals surface area contributed by atoms with E-state index in [1.807, 2.05) is 12.1 Å². The molecule has 2 rings (SSSR count). The van der Waals surface area contributed by atoms with Crippen LogP contribution >= 0.6 is 0 Å². The van der Waals surface area contributed by atoms with Gasteiger partial charge in [-0.2, -0.15) is 0 Å². The predicted octanol–water partition coefficient (Wildman–Crippen LogP) is 2.35. The summed E-state index contributed by atoms with van der Waals surface area (Å²) in [6, 6.07) is 8.26. The number of ether oxygens (including phenoxy) is 1. The van der Waals surface area contributed by atoms with Crippen LogP contribution in [0.15, 0.2) is 24.3 Å². The zero-order valence-electron chi connectivity index (χ0n) is 11.3. The first kappa shape index (κ1) is 13.5. The topological polar surface area (TPSA) is 32.7 Å². The highest BCUT2D eigenvalue weighted by Crippen LogP contribution is 2.17. The quantitative estimate of drug-likeness (QED) is 0.889. The molecule has 100 valence electrons. The average Bonchev–Trinajstić information content (AvgIpc) is 2.40. The Morgan fingerprint density at radius 2 is 1.89 bits per heavy atom. The summed E-state index contributed by atoms with van der Waals surface area (Å²) in [6.45, 7) is 5.01. The minimum absolute atomic E-state index is 0.378. The van der Waals surface area contributed by atoms with Gasteiger partial charge in [-0.05, 0) is 30.9 Å². The average molecular weight is 249 g/mol. The molecule has 1 unspecified atom stereocenters. The van der Waals surface area contributed by atoms with Crippen molar-refractivity contribution in [1.82, 2.24) is 4.90 Å². The number of likely N-dealkylation sites (tertiary alicyclic amines) is 1. The fourth-order valence-corrected chi connectivity index (χ4v) is 2.46. The molecule has 0 spiro atoms. The second kappa shape index (κ2) is 6.32. The predicted molar refractivity (Wildman–Crippen MR) is 72.4 cm³/mol. The minimum Gasteiger partial charge on any atom is -0.389 e. The van der Waals surface area contributed by atoms with Crippen molar-refractivity contribution >= 4 is 0 Å². The lowest BCUT2D eigenvalue weighted by atomic mass is 10.1. The molecule has 1 saturated heterocycles. The molecule has 0 saturated carbocycles. The van der Waals surface area contributed by atoms with E-state index in [1.54, 1.807) is 14.0 Å². The van der Waals surface area contributed by atoms with Gasteiger partial charge >= 0.3 is 0 Å². The van der Waals surface area contributed by atoms with Gasteiger partial charge in [0, 0.05) is 26.7 Å². The van der Waals surface area contributed by atoms with Gasteiger partial charge in [0.25, 0.3) is 0 Å². The second-order valence-corrected chi connectivity index (χ2v) is 5.13. The minimum atomic E-state index is -0.378. The van der Waals surface area contributed by atoms with Crippen LogP contribution in [0.5, 0.6) is 0 Å². The van der Waals surface area contributed by atoms with E-state index in [2.05, 4.69) is 17.0 Å². The number of nitrogens with zero attached hydrogens (tertiary/aromatic N) is 1. The van der Waals surface area contributed by atoms with Crippen LogP contribution in [0.4, 0.5) is 0 Å². The van der Waals surface area contributed by atoms with Crippen LogP contribution in [0, 0.1) is 0 Å². The Morgan fingerprint density at radius 1 is 1.28 bits per heavy atom. The third kappa shape index (κ3) is 3.55. The van der Waals surface area contributed by atoms with Crippen LogP contribution in [0.1, 0.15) is 37.0 Å². The van der Waals surface area contributed by atoms with E-state index in [0.29, 0.717) is 6.10 Å². The van der Waals surface area contributed by atoms with E-state index in [1.165, 1.54) is 5.56 Å². The maximum atomic E-state index is 9.47. The number of aliphatic hydroxyl groups excluding tert-OH is 1. The van der Waals surface area contributed by atoms with E-state index in [0.717, 1.165) is 38.0 Å². The third-order valence-electron chi connectivity index (χ3n) is 3.74. The van der Waals surface area contributed by atoms with Crippen molar-refractivity contribution in [1.29, 1.82) is 0 Å². The molecule has 0 bridgehead atoms. The number of methoxy groups -OCH3 is 1. The number of rotatable bonds is 4. The molecule has 1 heterocycles. The Morgan fingerprint density at radius 3 is 2.39 bits per heavy atom. The summed E-state index contributed by atoms with van der Waals surface area (Å²) in [4.78, 5) is 2.47. The number of aliphatic hydroxyl groups is 1. The third-order valence-corrected chi connectivity index (χ3v) is 3.74. The smallest absolute Gasteiger partial charge is 0.0761 e. The zero-order valence-corrected chi connectivity index (χ0v) is 11.3. The molecule has 18 heavy (non-hydrogen) atoms. The Bertz CT molecular complexity index is 353. The Labute approximate surface area is 109 Å². The van der Waals surface area contributed by atoms with Crippen LogP contribution in [0.3, 0.4) is 0 Å². The fourth-order valence-electron chi connectivity index (χ4n) is 2.46. The molecular formula is C15H23NO2. The van der Waals surface area contributed by atoms with Gasteiger partial charge in [-0.1, -0.05) is 24.3 Å². The number of piperidine rings is 1. The van der Waals surface area contributed by atoms with Gasteiger partial charge in [-0.3, -0.25) is 4.90 Å². The molecule has 1 fully saturated rings. The van der Waals surface area contributed by atoms with E-state index in [4.69, 9.17) is 4.74 Å². The van der Waals surface area contributed by atoms with Crippen molar-refractivity contribution in [3.63, 3.8) is 0 Å². The highest BCUT2D eigenvalue weighted by molar-refractivity contribution is 5.23. The molecule has 0 aromatic heterocycles. The molecular weight excluding hydrogens is 226 g/mol. The monoisotopic (exact) mass is 249 g/mol. The van der Waals surface area contributed by atoms with E-state index >= 15 is 0 Å². The summed E-state index contributed by atoms with van der Waals surface area (Å²) in [6.07, 6.45) is 2.32. The Kier molecular flexibility index (Phi) is 4.75. The van der Waals surface area contributed by atoms with Crippen LogP contribution in [0.2, 0.25) is 0 Å². The Hall–Kier alpha value is -0.900. The molecule has 3 heteroatoms. The van der Waals surface area contributed by atoms with Crippen LogP contribution in [-0.4, -0.2) is 36.3 Å². The van der Waals surface area contributed by atoms with Crippen molar-refractivity contribution in [3.05, 3.63) is 35.4 Å². The SMILES string of the molecule is COC1CCN(Cc2ccc(C(C)O)cc2)CC1. The lowest BCUT2D eigenvalue weighted by molar-refractivity contribution is 0.0388. The van der Waals surface area contributed by atoms with E-state index in [9.17, 15) is 5.11 Å². The molecule has 0 radical (unpaired) electrons. The maximum Gasteiger partial charge on any atom is 0.0761 e. The molecule has 0 amide bonds. The number of hydrogen-bond acceptors (Lipinski definition) is 3. The van der Waals surface area contributed by atoms with Crippen LogP contribution in [-0.2, 0) is 11.3 Å². The van der Waals surface area contributed by atoms with Crippen LogP contribution < -0.4 is 0 Å². The van der Waals surface area contributed by atoms with Crippen LogP contribution in [0.25, 0.3) is 0 Å². The van der Waals surface area contributed by atoms with E-state index < -0.39 is 0 Å². The van der Waals surface area contributed by atoms with Gasteiger partial charge in [-0.25, -0.2) is 0 Å². The maximum absolute atomic E-state index is 9.47. The molecule has 1 aliphatic heterocycles. The first-order valence-electron chi connectivity index (χ1n) is 6.71. The van der Waals surface area contributed by atoms with Gasteiger partial charge in [0.1, 0.15) is 0 Å². The van der Waals surface area contributed by atoms with Crippen molar-refractivity contribution in [2.45, 2.75) is 38.5 Å². The van der Waals surface area contributed by atoms with Gasteiger partial charge < -0.3 is 9.84 Å². The fraction of sp³-hybridized carbons (Fsp3) is 0.600. The van der Waals surface area contributed by atoms with Gasteiger partial charge in [0.2, 0.25) is 0 Å². The molecule has 1 N–H and O–H groups in total. The lowest BCUT2D eigenvalue weighted by Crippen LogP contribution is -2.36. The summed E-state index contributed by atoms with van der Waals surface area (Å²) < 4.78 is 5.38. The number of hydrogen-bond donors (Lipinski definition) is 1. The summed E-state index contributed by atoms with van der Waals surface area (Å²) in [5, 5.41) is 9.47. The van der Waals surface area contributed by atoms with Crippen molar-refractivity contribution < 1.29 is 9.84 Å². The van der Waals surface area contributed by atoms with Gasteiger partial charge in [0.15, 0.2) is 0 Å². The highest BCUT2D eigenvalue weighted by atomic mass is 16.5. The van der Waals surface area contributed by atoms with Crippen molar-refractivity contribution in [2.24, 2.45) is 0 Å². The molecule has 1 aromatic carbocycles. The van der Waals surface area contributed by atoms with Crippen molar-refractivity contribution in [2.75, 3.05) is 20.2 Å². The number of benzene rings is 1. The largest absolute Gasteiger partial charge is 0.389 e. The standard InChI is InChI=1S/C15H23NO2/c1-12(17)14-5-3-13(4-6-14)11-16-9-7-15(18-2)8-10-16/h3-6,12,15,17H,7-11H2,1-2H3. The first-order chi connectivity index (χ1) is 8.69. The van der Waals surface area contributed by atoms with Gasteiger partial charge in [-0.15, -0.1) is 0 Å². The Balaban J connectivity index is 1.86. The second-order valence-electron chi connectivity index (χ2n) is 5.13. The molecule has 1 aromatic rings. The van der Waals surface area contributed by atoms with E-state index in [-0.39, 0.29) is 6.10 Å². The lowest BCUT2D eigenvalue weighted by Gasteiger charge is -2.31. The molecule has 1 aliphatic rings. The molecule has 3 nitrogen and oxygen atoms in total. The highest BCUT2D eigenvalue weighted by Gasteiger charge is 2.18. The summed E-state index contributed by atoms with van der Waals surface area (Å²) >= 11 is 0. The normalized spacial score (nSPS) is 19.9. The summed E-state index contributed by atoms with van der Waals surface area (Å²) in [5.41, 5.74) is 2.30. The first-order valence-corrected chi connectivity index (χ1v) is 6.71. The summed E-state index contributed by atoms with van der Waals surface area (Å²) in [7, 11) is 1.80. The van der Waals surface area contributed by atoms with Gasteiger partial charge in [0.05, 0.1) is 12.2 Å². The molecule has 1 atom stereocenters. The zero-order chi connectivity index (χ0) is 13.0. The molecule has 0 aliphatic carbocycles.